The van der Waals surface area contributed by atoms with Crippen LogP contribution in [-0.4, -0.2) is 15.9 Å². The molecule has 0 aromatic heterocycles. The van der Waals surface area contributed by atoms with E-state index in [4.69, 9.17) is 11.6 Å². The van der Waals surface area contributed by atoms with Crippen LogP contribution in [0.4, 0.5) is 11.4 Å². The lowest BCUT2D eigenvalue weighted by molar-refractivity contribution is -0.385. The highest BCUT2D eigenvalue weighted by Gasteiger charge is 2.15. The van der Waals surface area contributed by atoms with Crippen molar-refractivity contribution >= 4 is 35.0 Å². The zero-order valence-corrected chi connectivity index (χ0v) is 13.7. The monoisotopic (exact) mass is 357 g/mol. The van der Waals surface area contributed by atoms with Gasteiger partial charge in [0, 0.05) is 16.8 Å². The third kappa shape index (κ3) is 4.34. The number of nitro benzene ring substituents is 1. The Kier molecular flexibility index (Phi) is 5.37. The van der Waals surface area contributed by atoms with Crippen molar-refractivity contribution in [2.45, 2.75) is 6.92 Å². The predicted octanol–water partition coefficient (Wildman–Crippen LogP) is 3.81. The second kappa shape index (κ2) is 7.47. The number of nitro groups is 1. The van der Waals surface area contributed by atoms with Gasteiger partial charge in [0.05, 0.1) is 4.92 Å². The van der Waals surface area contributed by atoms with Gasteiger partial charge in [-0.25, -0.2) is 0 Å². The summed E-state index contributed by atoms with van der Waals surface area (Å²) in [4.78, 5) is 22.4. The number of amides is 1. The number of aromatic hydroxyl groups is 1. The Morgan fingerprint density at radius 1 is 1.36 bits per heavy atom. The number of nitrogens with one attached hydrogen (secondary N) is 1. The number of nitriles is 1. The SMILES string of the molecule is Cc1ccc(Cl)cc1NC(=O)/C(C#N)=C/c1ccc(O)c([N+](=O)[O-])c1. The molecule has 0 bridgehead atoms. The van der Waals surface area contributed by atoms with E-state index in [-0.39, 0.29) is 11.1 Å². The van der Waals surface area contributed by atoms with Crippen LogP contribution in [0.2, 0.25) is 5.02 Å². The van der Waals surface area contributed by atoms with Crippen molar-refractivity contribution in [2.75, 3.05) is 5.32 Å². The standard InChI is InChI=1S/C17H12ClN3O4/c1-10-2-4-13(18)8-14(10)20-17(23)12(9-19)6-11-3-5-16(22)15(7-11)21(24)25/h2-8,22H,1H3,(H,20,23)/b12-6+. The van der Waals surface area contributed by atoms with E-state index in [2.05, 4.69) is 5.32 Å². The molecule has 0 unspecified atom stereocenters. The van der Waals surface area contributed by atoms with Crippen LogP contribution < -0.4 is 5.32 Å². The zero-order valence-electron chi connectivity index (χ0n) is 13.0. The smallest absolute Gasteiger partial charge is 0.311 e. The summed E-state index contributed by atoms with van der Waals surface area (Å²) in [6.45, 7) is 1.77. The molecule has 1 amide bonds. The van der Waals surface area contributed by atoms with Crippen molar-refractivity contribution in [3.8, 4) is 11.8 Å². The first-order chi connectivity index (χ1) is 11.8. The molecule has 7 nitrogen and oxygen atoms in total. The van der Waals surface area contributed by atoms with Gasteiger partial charge in [-0.15, -0.1) is 0 Å². The number of anilines is 1. The maximum Gasteiger partial charge on any atom is 0.311 e. The average Bonchev–Trinajstić information content (AvgIpc) is 2.57. The molecular formula is C17H12ClN3O4. The lowest BCUT2D eigenvalue weighted by Crippen LogP contribution is -2.14. The van der Waals surface area contributed by atoms with Crippen LogP contribution >= 0.6 is 11.6 Å². The minimum atomic E-state index is -0.756. The zero-order chi connectivity index (χ0) is 18.6. The molecule has 126 valence electrons. The Morgan fingerprint density at radius 2 is 2.08 bits per heavy atom. The number of halogens is 1. The molecule has 0 aliphatic carbocycles. The Morgan fingerprint density at radius 3 is 2.72 bits per heavy atom. The summed E-state index contributed by atoms with van der Waals surface area (Å²) in [5, 5.41) is 32.5. The van der Waals surface area contributed by atoms with Crippen LogP contribution in [0.1, 0.15) is 11.1 Å². The summed E-state index contributed by atoms with van der Waals surface area (Å²) in [5.74, 6) is -1.18. The van der Waals surface area contributed by atoms with Gasteiger partial charge in [0.2, 0.25) is 0 Å². The third-order valence-corrected chi connectivity index (χ3v) is 3.56. The molecule has 25 heavy (non-hydrogen) atoms. The van der Waals surface area contributed by atoms with E-state index in [1.54, 1.807) is 31.2 Å². The highest BCUT2D eigenvalue weighted by molar-refractivity contribution is 6.31. The molecule has 2 rings (SSSR count). The van der Waals surface area contributed by atoms with Crippen LogP contribution in [0.15, 0.2) is 42.0 Å². The summed E-state index contributed by atoms with van der Waals surface area (Å²) in [6.07, 6.45) is 1.20. The molecule has 0 radical (unpaired) electrons. The van der Waals surface area contributed by atoms with E-state index >= 15 is 0 Å². The number of nitrogens with zero attached hydrogens (tertiary/aromatic N) is 2. The molecule has 0 spiro atoms. The van der Waals surface area contributed by atoms with Gasteiger partial charge >= 0.3 is 5.69 Å². The Balaban J connectivity index is 2.33. The Labute approximate surface area is 147 Å². The Bertz CT molecular complexity index is 932. The Hall–Kier alpha value is -3.37. The number of phenols is 1. The van der Waals surface area contributed by atoms with Crippen molar-refractivity contribution in [3.05, 3.63) is 68.2 Å². The molecule has 2 N–H and O–H groups in total. The van der Waals surface area contributed by atoms with Gasteiger partial charge < -0.3 is 10.4 Å². The number of hydrogen-bond acceptors (Lipinski definition) is 5. The predicted molar refractivity (Wildman–Crippen MR) is 93.2 cm³/mol. The first-order valence-corrected chi connectivity index (χ1v) is 7.36. The topological polar surface area (TPSA) is 116 Å². The fourth-order valence-corrected chi connectivity index (χ4v) is 2.18. The van der Waals surface area contributed by atoms with E-state index in [9.17, 15) is 25.3 Å². The summed E-state index contributed by atoms with van der Waals surface area (Å²) in [7, 11) is 0. The van der Waals surface area contributed by atoms with Crippen LogP contribution in [0.3, 0.4) is 0 Å². The second-order valence-corrected chi connectivity index (χ2v) is 5.52. The van der Waals surface area contributed by atoms with E-state index in [0.717, 1.165) is 17.7 Å². The second-order valence-electron chi connectivity index (χ2n) is 5.09. The molecule has 0 aliphatic heterocycles. The first kappa shape index (κ1) is 18.0. The molecule has 0 fully saturated rings. The van der Waals surface area contributed by atoms with Crippen molar-refractivity contribution in [1.29, 1.82) is 5.26 Å². The molecule has 2 aromatic rings. The number of phenolic OH excluding ortho intramolecular Hbond substituents is 1. The summed E-state index contributed by atoms with van der Waals surface area (Å²) < 4.78 is 0. The minimum absolute atomic E-state index is 0.235. The van der Waals surface area contributed by atoms with Gasteiger partial charge in [0.1, 0.15) is 11.6 Å². The van der Waals surface area contributed by atoms with Crippen molar-refractivity contribution < 1.29 is 14.8 Å². The molecule has 0 saturated carbocycles. The maximum atomic E-state index is 12.3. The van der Waals surface area contributed by atoms with E-state index in [1.807, 2.05) is 0 Å². The van der Waals surface area contributed by atoms with Crippen LogP contribution in [0.5, 0.6) is 5.75 Å². The van der Waals surface area contributed by atoms with Crippen LogP contribution in [-0.2, 0) is 4.79 Å². The van der Waals surface area contributed by atoms with Gasteiger partial charge in [-0.2, -0.15) is 5.26 Å². The molecule has 0 aliphatic rings. The summed E-state index contributed by atoms with van der Waals surface area (Å²) in [6, 6.07) is 10.2. The van der Waals surface area contributed by atoms with Gasteiger partial charge in [-0.05, 0) is 42.3 Å². The van der Waals surface area contributed by atoms with E-state index < -0.39 is 22.3 Å². The van der Waals surface area contributed by atoms with Crippen LogP contribution in [0.25, 0.3) is 6.08 Å². The fourth-order valence-electron chi connectivity index (χ4n) is 2.01. The van der Waals surface area contributed by atoms with Gasteiger partial charge in [-0.1, -0.05) is 23.7 Å². The minimum Gasteiger partial charge on any atom is -0.502 e. The van der Waals surface area contributed by atoms with Gasteiger partial charge in [-0.3, -0.25) is 14.9 Å². The van der Waals surface area contributed by atoms with E-state index in [0.29, 0.717) is 10.7 Å². The largest absolute Gasteiger partial charge is 0.502 e. The van der Waals surface area contributed by atoms with Crippen LogP contribution in [0, 0.1) is 28.4 Å². The lowest BCUT2D eigenvalue weighted by Gasteiger charge is -2.08. The number of carbonyl (C=O) groups is 1. The summed E-state index contributed by atoms with van der Waals surface area (Å²) >= 11 is 5.89. The number of aryl methyl sites for hydroxylation is 1. The number of benzene rings is 2. The van der Waals surface area contributed by atoms with Gasteiger partial charge in [0.15, 0.2) is 5.75 Å². The number of rotatable bonds is 4. The normalized spacial score (nSPS) is 10.8. The maximum absolute atomic E-state index is 12.3. The molecule has 8 heteroatoms. The first-order valence-electron chi connectivity index (χ1n) is 6.98. The number of carbonyl (C=O) groups excluding carboxylic acids is 1. The molecule has 0 atom stereocenters. The molecule has 2 aromatic carbocycles. The molecule has 0 saturated heterocycles. The van der Waals surface area contributed by atoms with E-state index in [1.165, 1.54) is 12.1 Å². The quantitative estimate of drug-likeness (QED) is 0.373. The fraction of sp³-hybridized carbons (Fsp3) is 0.0588. The van der Waals surface area contributed by atoms with Crippen molar-refractivity contribution in [2.24, 2.45) is 0 Å². The summed E-state index contributed by atoms with van der Waals surface area (Å²) in [5.41, 5.74) is 0.682. The highest BCUT2D eigenvalue weighted by Crippen LogP contribution is 2.27. The number of hydrogen-bond donors (Lipinski definition) is 2. The van der Waals surface area contributed by atoms with Gasteiger partial charge in [0.25, 0.3) is 5.91 Å². The molecule has 0 heterocycles. The highest BCUT2D eigenvalue weighted by atomic mass is 35.5. The molecular weight excluding hydrogens is 346 g/mol. The average molecular weight is 358 g/mol. The lowest BCUT2D eigenvalue weighted by atomic mass is 10.1. The van der Waals surface area contributed by atoms with Crippen molar-refractivity contribution in [3.63, 3.8) is 0 Å². The van der Waals surface area contributed by atoms with Crippen molar-refractivity contribution in [1.82, 2.24) is 0 Å². The third-order valence-electron chi connectivity index (χ3n) is 3.32.